The average Bonchev–Trinajstić information content (AvgIpc) is 2.73. The highest BCUT2D eigenvalue weighted by Gasteiger charge is 2.28. The zero-order chi connectivity index (χ0) is 19.2. The normalized spacial score (nSPS) is 27.1. The van der Waals surface area contributed by atoms with Crippen molar-refractivity contribution >= 4 is 0 Å². The van der Waals surface area contributed by atoms with Crippen LogP contribution in [-0.4, -0.2) is 0 Å². The van der Waals surface area contributed by atoms with E-state index in [2.05, 4.69) is 63.8 Å². The lowest BCUT2D eigenvalue weighted by molar-refractivity contribution is 0.253. The number of hydrogen-bond acceptors (Lipinski definition) is 0. The Morgan fingerprint density at radius 2 is 1.93 bits per heavy atom. The van der Waals surface area contributed by atoms with Gasteiger partial charge in [-0.1, -0.05) is 62.5 Å². The molecule has 0 radical (unpaired) electrons. The van der Waals surface area contributed by atoms with E-state index >= 15 is 0 Å². The van der Waals surface area contributed by atoms with Crippen LogP contribution in [0.1, 0.15) is 78.6 Å². The second kappa shape index (κ2) is 9.58. The van der Waals surface area contributed by atoms with Crippen LogP contribution in [0, 0.1) is 17.8 Å². The molecule has 0 aromatic heterocycles. The first-order chi connectivity index (χ1) is 13.0. The highest BCUT2D eigenvalue weighted by Crippen LogP contribution is 2.41. The Labute approximate surface area is 167 Å². The smallest absolute Gasteiger partial charge is 0.0157 e. The summed E-state index contributed by atoms with van der Waals surface area (Å²) in [5, 5.41) is 0. The molecule has 1 atom stereocenters. The maximum atomic E-state index is 4.43. The summed E-state index contributed by atoms with van der Waals surface area (Å²) < 4.78 is 0. The Balaban J connectivity index is 1.62. The van der Waals surface area contributed by atoms with Gasteiger partial charge in [-0.05, 0) is 105 Å². The maximum Gasteiger partial charge on any atom is -0.0157 e. The lowest BCUT2D eigenvalue weighted by Crippen LogP contribution is -2.22. The Hall–Kier alpha value is -1.56. The van der Waals surface area contributed by atoms with Gasteiger partial charge in [0, 0.05) is 0 Å². The molecule has 0 saturated heterocycles. The first-order valence-electron chi connectivity index (χ1n) is 11.2. The summed E-state index contributed by atoms with van der Waals surface area (Å²) in [5.74, 6) is 2.36. The number of hydrogen-bond donors (Lipinski definition) is 0. The highest BCUT2D eigenvalue weighted by molar-refractivity contribution is 5.42. The molecular weight excluding hydrogens is 324 g/mol. The third-order valence-electron chi connectivity index (χ3n) is 6.53. The molecule has 3 aliphatic carbocycles. The van der Waals surface area contributed by atoms with Gasteiger partial charge in [0.1, 0.15) is 0 Å². The van der Waals surface area contributed by atoms with Crippen LogP contribution in [-0.2, 0) is 0 Å². The molecule has 146 valence electrons. The van der Waals surface area contributed by atoms with Crippen molar-refractivity contribution in [3.05, 3.63) is 70.9 Å². The van der Waals surface area contributed by atoms with Crippen LogP contribution in [0.25, 0.3) is 0 Å². The van der Waals surface area contributed by atoms with Crippen molar-refractivity contribution in [1.29, 1.82) is 0 Å². The summed E-state index contributed by atoms with van der Waals surface area (Å²) in [6.45, 7) is 11.5. The van der Waals surface area contributed by atoms with E-state index in [0.29, 0.717) is 5.92 Å². The van der Waals surface area contributed by atoms with Crippen molar-refractivity contribution in [2.24, 2.45) is 17.8 Å². The fraction of sp³-hybridized carbons (Fsp3) is 0.556. The van der Waals surface area contributed by atoms with Crippen molar-refractivity contribution in [2.45, 2.75) is 78.6 Å². The fourth-order valence-corrected chi connectivity index (χ4v) is 4.75. The highest BCUT2D eigenvalue weighted by atomic mass is 14.3. The van der Waals surface area contributed by atoms with E-state index in [-0.39, 0.29) is 0 Å². The molecule has 27 heavy (non-hydrogen) atoms. The molecule has 3 rings (SSSR count). The minimum absolute atomic E-state index is 0.631. The SMILES string of the molecule is C=C(CC(C)CC1=CC(C2CC(C)C2)=CCC=C1C)C1=CCCCCC=C1. The summed E-state index contributed by atoms with van der Waals surface area (Å²) >= 11 is 0. The van der Waals surface area contributed by atoms with Crippen molar-refractivity contribution in [3.8, 4) is 0 Å². The van der Waals surface area contributed by atoms with Crippen molar-refractivity contribution < 1.29 is 0 Å². The summed E-state index contributed by atoms with van der Waals surface area (Å²) in [5.41, 5.74) is 7.35. The third kappa shape index (κ3) is 5.71. The van der Waals surface area contributed by atoms with Gasteiger partial charge in [0.15, 0.2) is 0 Å². The molecule has 0 nitrogen and oxygen atoms in total. The van der Waals surface area contributed by atoms with Crippen LogP contribution in [0.5, 0.6) is 0 Å². The summed E-state index contributed by atoms with van der Waals surface area (Å²) in [6.07, 6.45) is 25.6. The molecule has 0 spiro atoms. The van der Waals surface area contributed by atoms with Crippen LogP contribution in [0.3, 0.4) is 0 Å². The van der Waals surface area contributed by atoms with Crippen LogP contribution in [0.2, 0.25) is 0 Å². The quantitative estimate of drug-likeness (QED) is 0.446. The molecule has 3 aliphatic rings. The third-order valence-corrected chi connectivity index (χ3v) is 6.53. The van der Waals surface area contributed by atoms with Gasteiger partial charge in [-0.15, -0.1) is 0 Å². The predicted molar refractivity (Wildman–Crippen MR) is 120 cm³/mol. The van der Waals surface area contributed by atoms with Gasteiger partial charge in [-0.2, -0.15) is 0 Å². The summed E-state index contributed by atoms with van der Waals surface area (Å²) in [4.78, 5) is 0. The molecule has 1 unspecified atom stereocenters. The Kier molecular flexibility index (Phi) is 7.16. The molecule has 1 saturated carbocycles. The predicted octanol–water partition coefficient (Wildman–Crippen LogP) is 8.26. The van der Waals surface area contributed by atoms with Crippen molar-refractivity contribution in [2.75, 3.05) is 0 Å². The van der Waals surface area contributed by atoms with E-state index < -0.39 is 0 Å². The first kappa shape index (κ1) is 20.2. The van der Waals surface area contributed by atoms with Crippen LogP contribution in [0.15, 0.2) is 70.9 Å². The van der Waals surface area contributed by atoms with Crippen molar-refractivity contribution in [1.82, 2.24) is 0 Å². The molecule has 0 N–H and O–H groups in total. The second-order valence-electron chi connectivity index (χ2n) is 9.23. The lowest BCUT2D eigenvalue weighted by atomic mass is 9.71. The molecule has 1 fully saturated rings. The van der Waals surface area contributed by atoms with E-state index in [0.717, 1.165) is 31.1 Å². The minimum Gasteiger partial charge on any atom is -0.0952 e. The number of rotatable bonds is 6. The molecule has 0 aliphatic heterocycles. The monoisotopic (exact) mass is 362 g/mol. The van der Waals surface area contributed by atoms with Gasteiger partial charge in [-0.25, -0.2) is 0 Å². The standard InChI is InChI=1S/C27H38/c1-20(15-23(4)24-12-8-6-5-7-9-13-24)16-26-19-25(14-10-11-22(26)3)27-17-21(2)18-27/h8,11-14,19-21,27H,4-7,9-10,15-18H2,1-3H3. The Morgan fingerprint density at radius 3 is 2.70 bits per heavy atom. The van der Waals surface area contributed by atoms with Gasteiger partial charge in [0.25, 0.3) is 0 Å². The van der Waals surface area contributed by atoms with Gasteiger partial charge >= 0.3 is 0 Å². The Bertz CT molecular complexity index is 686. The maximum absolute atomic E-state index is 4.43. The van der Waals surface area contributed by atoms with Gasteiger partial charge in [0.2, 0.25) is 0 Å². The van der Waals surface area contributed by atoms with Gasteiger partial charge in [0.05, 0.1) is 0 Å². The minimum atomic E-state index is 0.631. The van der Waals surface area contributed by atoms with E-state index in [1.807, 2.05) is 0 Å². The van der Waals surface area contributed by atoms with E-state index in [1.165, 1.54) is 55.2 Å². The molecule has 0 heterocycles. The van der Waals surface area contributed by atoms with Crippen molar-refractivity contribution in [3.63, 3.8) is 0 Å². The van der Waals surface area contributed by atoms with Gasteiger partial charge in [-0.3, -0.25) is 0 Å². The number of allylic oxidation sites excluding steroid dienone is 11. The molecule has 0 bridgehead atoms. The largest absolute Gasteiger partial charge is 0.0952 e. The second-order valence-corrected chi connectivity index (χ2v) is 9.23. The fourth-order valence-electron chi connectivity index (χ4n) is 4.75. The molecule has 0 aromatic carbocycles. The van der Waals surface area contributed by atoms with Crippen LogP contribution < -0.4 is 0 Å². The van der Waals surface area contributed by atoms with E-state index in [4.69, 9.17) is 0 Å². The molecule has 0 amide bonds. The van der Waals surface area contributed by atoms with Crippen LogP contribution in [0.4, 0.5) is 0 Å². The van der Waals surface area contributed by atoms with Gasteiger partial charge < -0.3 is 0 Å². The zero-order valence-corrected chi connectivity index (χ0v) is 17.8. The van der Waals surface area contributed by atoms with E-state index in [9.17, 15) is 0 Å². The molecule has 0 heteroatoms. The summed E-state index contributed by atoms with van der Waals surface area (Å²) in [7, 11) is 0. The average molecular weight is 363 g/mol. The summed E-state index contributed by atoms with van der Waals surface area (Å²) in [6, 6.07) is 0. The Morgan fingerprint density at radius 1 is 1.15 bits per heavy atom. The molecule has 0 aromatic rings. The van der Waals surface area contributed by atoms with Crippen LogP contribution >= 0.6 is 0 Å². The lowest BCUT2D eigenvalue weighted by Gasteiger charge is -2.34. The molecular formula is C27H38. The topological polar surface area (TPSA) is 0 Å². The van der Waals surface area contributed by atoms with E-state index in [1.54, 1.807) is 11.1 Å². The zero-order valence-electron chi connectivity index (χ0n) is 17.8. The first-order valence-corrected chi connectivity index (χ1v) is 11.2.